The molecular weight excluding hydrogens is 378 g/mol. The highest BCUT2D eigenvalue weighted by atomic mass is 79.9. The molecule has 0 aromatic heterocycles. The maximum atomic E-state index is 12.1. The van der Waals surface area contributed by atoms with Crippen LogP contribution in [0.15, 0.2) is 56.9 Å². The van der Waals surface area contributed by atoms with E-state index in [0.29, 0.717) is 0 Å². The molecule has 0 aliphatic rings. The summed E-state index contributed by atoms with van der Waals surface area (Å²) in [6.07, 6.45) is 1.47. The van der Waals surface area contributed by atoms with Gasteiger partial charge in [-0.3, -0.25) is 0 Å². The van der Waals surface area contributed by atoms with E-state index in [1.165, 1.54) is 6.21 Å². The normalized spacial score (nSPS) is 11.7. The van der Waals surface area contributed by atoms with Crippen LogP contribution in [0.1, 0.15) is 11.1 Å². The van der Waals surface area contributed by atoms with Gasteiger partial charge < -0.3 is 4.90 Å². The van der Waals surface area contributed by atoms with Crippen molar-refractivity contribution in [2.45, 2.75) is 11.8 Å². The van der Waals surface area contributed by atoms with Gasteiger partial charge in [-0.2, -0.15) is 13.5 Å². The van der Waals surface area contributed by atoms with Gasteiger partial charge in [-0.05, 0) is 52.7 Å². The number of benzene rings is 2. The number of hydrazone groups is 1. The third-order valence-corrected chi connectivity index (χ3v) is 5.05. The molecule has 0 saturated heterocycles. The molecule has 0 aliphatic heterocycles. The molecule has 0 atom stereocenters. The first-order chi connectivity index (χ1) is 10.8. The SMILES string of the molecule is Cc1ccc(S(=O)(=O)N/N=C\c2ccc(N(C)C)c(Br)c2)cc1. The predicted molar refractivity (Wildman–Crippen MR) is 97.6 cm³/mol. The molecule has 5 nitrogen and oxygen atoms in total. The zero-order valence-electron chi connectivity index (χ0n) is 13.1. The third-order valence-electron chi connectivity index (χ3n) is 3.17. The first kappa shape index (κ1) is 17.5. The number of hydrogen-bond donors (Lipinski definition) is 1. The lowest BCUT2D eigenvalue weighted by Gasteiger charge is -2.14. The summed E-state index contributed by atoms with van der Waals surface area (Å²) >= 11 is 3.48. The van der Waals surface area contributed by atoms with Crippen LogP contribution in [0.5, 0.6) is 0 Å². The lowest BCUT2D eigenvalue weighted by atomic mass is 10.2. The second-order valence-corrected chi connectivity index (χ2v) is 7.79. The fraction of sp³-hybridized carbons (Fsp3) is 0.188. The predicted octanol–water partition coefficient (Wildman–Crippen LogP) is 3.14. The van der Waals surface area contributed by atoms with E-state index in [4.69, 9.17) is 0 Å². The average molecular weight is 396 g/mol. The average Bonchev–Trinajstić information content (AvgIpc) is 2.47. The molecule has 0 amide bonds. The van der Waals surface area contributed by atoms with Crippen LogP contribution in [0, 0.1) is 6.92 Å². The smallest absolute Gasteiger partial charge is 0.276 e. The van der Waals surface area contributed by atoms with Gasteiger partial charge in [0.15, 0.2) is 0 Å². The summed E-state index contributed by atoms with van der Waals surface area (Å²) in [5, 5.41) is 3.83. The molecule has 1 N–H and O–H groups in total. The third kappa shape index (κ3) is 4.56. The van der Waals surface area contributed by atoms with Crippen molar-refractivity contribution in [3.8, 4) is 0 Å². The minimum Gasteiger partial charge on any atom is -0.377 e. The van der Waals surface area contributed by atoms with Gasteiger partial charge in [0.1, 0.15) is 0 Å². The van der Waals surface area contributed by atoms with E-state index < -0.39 is 10.0 Å². The minimum absolute atomic E-state index is 0.185. The van der Waals surface area contributed by atoms with Crippen molar-refractivity contribution < 1.29 is 8.42 Å². The van der Waals surface area contributed by atoms with Crippen LogP contribution in [0.3, 0.4) is 0 Å². The summed E-state index contributed by atoms with van der Waals surface area (Å²) in [5.41, 5.74) is 2.81. The van der Waals surface area contributed by atoms with E-state index in [9.17, 15) is 8.42 Å². The fourth-order valence-corrected chi connectivity index (χ4v) is 3.45. The molecule has 7 heteroatoms. The summed E-state index contributed by atoms with van der Waals surface area (Å²) in [6.45, 7) is 1.90. The molecule has 2 aromatic carbocycles. The van der Waals surface area contributed by atoms with E-state index in [0.717, 1.165) is 21.3 Å². The van der Waals surface area contributed by atoms with Crippen LogP contribution in [0.2, 0.25) is 0 Å². The Morgan fingerprint density at radius 2 is 1.78 bits per heavy atom. The second-order valence-electron chi connectivity index (χ2n) is 5.27. The van der Waals surface area contributed by atoms with Gasteiger partial charge >= 0.3 is 0 Å². The molecule has 0 saturated carbocycles. The molecule has 0 fully saturated rings. The molecule has 0 aliphatic carbocycles. The number of aryl methyl sites for hydroxylation is 1. The number of hydrogen-bond acceptors (Lipinski definition) is 4. The van der Waals surface area contributed by atoms with Gasteiger partial charge in [-0.15, -0.1) is 0 Å². The molecule has 0 spiro atoms. The van der Waals surface area contributed by atoms with Gasteiger partial charge in [-0.25, -0.2) is 4.83 Å². The van der Waals surface area contributed by atoms with Gasteiger partial charge in [0, 0.05) is 18.6 Å². The molecule has 0 radical (unpaired) electrons. The van der Waals surface area contributed by atoms with E-state index in [1.54, 1.807) is 24.3 Å². The van der Waals surface area contributed by atoms with Gasteiger partial charge in [0.25, 0.3) is 10.0 Å². The van der Waals surface area contributed by atoms with Crippen molar-refractivity contribution in [2.24, 2.45) is 5.10 Å². The number of halogens is 1. The Labute approximate surface area is 145 Å². The highest BCUT2D eigenvalue weighted by Gasteiger charge is 2.11. The van der Waals surface area contributed by atoms with Crippen LogP contribution in [0.25, 0.3) is 0 Å². The van der Waals surface area contributed by atoms with Crippen molar-refractivity contribution in [2.75, 3.05) is 19.0 Å². The van der Waals surface area contributed by atoms with Crippen LogP contribution in [-0.2, 0) is 10.0 Å². The second kappa shape index (κ2) is 7.14. The van der Waals surface area contributed by atoms with Crippen LogP contribution < -0.4 is 9.73 Å². The number of nitrogens with one attached hydrogen (secondary N) is 1. The highest BCUT2D eigenvalue weighted by Crippen LogP contribution is 2.25. The van der Waals surface area contributed by atoms with Crippen LogP contribution >= 0.6 is 15.9 Å². The van der Waals surface area contributed by atoms with Crippen molar-refractivity contribution in [3.63, 3.8) is 0 Å². The molecule has 2 rings (SSSR count). The minimum atomic E-state index is -3.65. The van der Waals surface area contributed by atoms with Crippen molar-refractivity contribution in [1.29, 1.82) is 0 Å². The Morgan fingerprint density at radius 3 is 2.35 bits per heavy atom. The first-order valence-corrected chi connectivity index (χ1v) is 9.15. The lowest BCUT2D eigenvalue weighted by Crippen LogP contribution is -2.18. The highest BCUT2D eigenvalue weighted by molar-refractivity contribution is 9.10. The van der Waals surface area contributed by atoms with Gasteiger partial charge in [-0.1, -0.05) is 23.8 Å². The van der Waals surface area contributed by atoms with E-state index >= 15 is 0 Å². The topological polar surface area (TPSA) is 61.8 Å². The zero-order valence-corrected chi connectivity index (χ0v) is 15.5. The molecular formula is C16H18BrN3O2S. The van der Waals surface area contributed by atoms with Crippen LogP contribution in [-0.4, -0.2) is 28.7 Å². The summed E-state index contributed by atoms with van der Waals surface area (Å²) in [5.74, 6) is 0. The Hall–Kier alpha value is -1.86. The number of rotatable bonds is 5. The van der Waals surface area contributed by atoms with Crippen molar-refractivity contribution in [1.82, 2.24) is 4.83 Å². The summed E-state index contributed by atoms with van der Waals surface area (Å²) in [4.78, 5) is 4.38. The molecule has 0 unspecified atom stereocenters. The molecule has 122 valence electrons. The Morgan fingerprint density at radius 1 is 1.13 bits per heavy atom. The number of sulfonamides is 1. The maximum absolute atomic E-state index is 12.1. The van der Waals surface area contributed by atoms with Crippen molar-refractivity contribution in [3.05, 3.63) is 58.1 Å². The quantitative estimate of drug-likeness (QED) is 0.624. The van der Waals surface area contributed by atoms with E-state index in [-0.39, 0.29) is 4.90 Å². The monoisotopic (exact) mass is 395 g/mol. The number of nitrogens with zero attached hydrogens (tertiary/aromatic N) is 2. The Kier molecular flexibility index (Phi) is 5.43. The Bertz CT molecular complexity index is 816. The Balaban J connectivity index is 2.12. The summed E-state index contributed by atoms with van der Waals surface area (Å²) in [6, 6.07) is 12.3. The van der Waals surface area contributed by atoms with E-state index in [1.807, 2.05) is 44.1 Å². The number of anilines is 1. The molecule has 0 bridgehead atoms. The zero-order chi connectivity index (χ0) is 17.0. The molecule has 0 heterocycles. The van der Waals surface area contributed by atoms with Crippen molar-refractivity contribution >= 4 is 37.9 Å². The largest absolute Gasteiger partial charge is 0.377 e. The van der Waals surface area contributed by atoms with Gasteiger partial charge in [0.2, 0.25) is 0 Å². The maximum Gasteiger partial charge on any atom is 0.276 e. The van der Waals surface area contributed by atoms with Gasteiger partial charge in [0.05, 0.1) is 16.8 Å². The first-order valence-electron chi connectivity index (χ1n) is 6.88. The summed E-state index contributed by atoms with van der Waals surface area (Å²) < 4.78 is 25.1. The van der Waals surface area contributed by atoms with Crippen LogP contribution in [0.4, 0.5) is 5.69 Å². The molecule has 23 heavy (non-hydrogen) atoms. The van der Waals surface area contributed by atoms with E-state index in [2.05, 4.69) is 25.9 Å². The standard InChI is InChI=1S/C16H18BrN3O2S/c1-12-4-7-14(8-5-12)23(21,22)19-18-11-13-6-9-16(20(2)3)15(17)10-13/h4-11,19H,1-3H3/b18-11-. The molecule has 2 aromatic rings. The fourth-order valence-electron chi connectivity index (χ4n) is 1.91. The summed E-state index contributed by atoms with van der Waals surface area (Å²) in [7, 11) is 0.249. The lowest BCUT2D eigenvalue weighted by molar-refractivity contribution is 0.584.